The monoisotopic (exact) mass is 701 g/mol. The van der Waals surface area contributed by atoms with Crippen LogP contribution in [0, 0.1) is 50.7 Å². The number of hydrogen-bond acceptors (Lipinski definition) is 9. The number of nitrogens with zero attached hydrogens (tertiary/aromatic N) is 1. The first kappa shape index (κ1) is 36.2. The van der Waals surface area contributed by atoms with E-state index in [2.05, 4.69) is 39.5 Å². The maximum atomic E-state index is 12.6. The van der Waals surface area contributed by atoms with Crippen LogP contribution in [0.25, 0.3) is 0 Å². The summed E-state index contributed by atoms with van der Waals surface area (Å²) in [6.45, 7) is 22.4. The van der Waals surface area contributed by atoms with Gasteiger partial charge in [0, 0.05) is 24.9 Å². The summed E-state index contributed by atoms with van der Waals surface area (Å²) in [6, 6.07) is 0.543. The molecule has 284 valence electrons. The van der Waals surface area contributed by atoms with Crippen LogP contribution in [0.5, 0.6) is 0 Å². The molecule has 8 rings (SSSR count). The van der Waals surface area contributed by atoms with Crippen molar-refractivity contribution in [2.24, 2.45) is 50.7 Å². The molecule has 8 aliphatic rings. The van der Waals surface area contributed by atoms with Gasteiger partial charge in [0.2, 0.25) is 0 Å². The maximum Gasteiger partial charge on any atom is 0.305 e. The molecule has 5 aliphatic carbocycles. The molecule has 3 heterocycles. The van der Waals surface area contributed by atoms with Crippen LogP contribution >= 0.6 is 0 Å². The number of esters is 1. The molecular weight excluding hydrogens is 634 g/mol. The van der Waals surface area contributed by atoms with Crippen LogP contribution in [0.1, 0.15) is 113 Å². The molecule has 0 aromatic heterocycles. The molecule has 5 saturated carbocycles. The van der Waals surface area contributed by atoms with Gasteiger partial charge >= 0.3 is 5.97 Å². The lowest BCUT2D eigenvalue weighted by Crippen LogP contribution is -2.60. The van der Waals surface area contributed by atoms with Crippen molar-refractivity contribution < 1.29 is 38.7 Å². The van der Waals surface area contributed by atoms with Crippen molar-refractivity contribution in [3.8, 4) is 0 Å². The summed E-state index contributed by atoms with van der Waals surface area (Å²) in [7, 11) is 0. The lowest BCUT2D eigenvalue weighted by molar-refractivity contribution is -0.217. The summed E-state index contributed by atoms with van der Waals surface area (Å²) < 4.78 is 31.3. The normalized spacial score (nSPS) is 50.5. The fraction of sp³-hybridized carbons (Fsp3) is 0.976. The Bertz CT molecular complexity index is 1310. The molecule has 0 aromatic rings. The van der Waals surface area contributed by atoms with Gasteiger partial charge in [0.15, 0.2) is 6.10 Å². The Hall–Kier alpha value is -0.810. The van der Waals surface area contributed by atoms with Crippen molar-refractivity contribution in [3.63, 3.8) is 0 Å². The molecule has 0 aromatic carbocycles. The Morgan fingerprint density at radius 2 is 1.76 bits per heavy atom. The van der Waals surface area contributed by atoms with Crippen molar-refractivity contribution >= 4 is 5.97 Å². The Morgan fingerprint density at radius 1 is 1.04 bits per heavy atom. The first-order valence-electron chi connectivity index (χ1n) is 20.3. The molecule has 9 nitrogen and oxygen atoms in total. The first-order valence-corrected chi connectivity index (χ1v) is 20.3. The molecule has 2 spiro atoms. The zero-order valence-electron chi connectivity index (χ0n) is 32.2. The van der Waals surface area contributed by atoms with E-state index in [1.54, 1.807) is 20.8 Å². The van der Waals surface area contributed by atoms with E-state index in [4.69, 9.17) is 23.7 Å². The minimum atomic E-state index is -1.25. The van der Waals surface area contributed by atoms with E-state index in [0.29, 0.717) is 36.3 Å². The second-order valence-electron chi connectivity index (χ2n) is 20.0. The Labute approximate surface area is 300 Å². The quantitative estimate of drug-likeness (QED) is 0.323. The van der Waals surface area contributed by atoms with E-state index >= 15 is 0 Å². The van der Waals surface area contributed by atoms with Gasteiger partial charge in [0.1, 0.15) is 0 Å². The van der Waals surface area contributed by atoms with Crippen molar-refractivity contribution in [3.05, 3.63) is 0 Å². The van der Waals surface area contributed by atoms with Crippen LogP contribution in [0.3, 0.4) is 0 Å². The van der Waals surface area contributed by atoms with Crippen LogP contribution in [0.2, 0.25) is 0 Å². The minimum Gasteiger partial charge on any atom is -0.457 e. The summed E-state index contributed by atoms with van der Waals surface area (Å²) >= 11 is 0. The fourth-order valence-corrected chi connectivity index (χ4v) is 14.5. The third kappa shape index (κ3) is 4.98. The Morgan fingerprint density at radius 3 is 2.44 bits per heavy atom. The summed E-state index contributed by atoms with van der Waals surface area (Å²) in [4.78, 5) is 15.0. The Kier molecular flexibility index (Phi) is 8.75. The summed E-state index contributed by atoms with van der Waals surface area (Å²) in [5, 5.41) is 23.8. The van der Waals surface area contributed by atoms with E-state index < -0.39 is 23.9 Å². The fourth-order valence-electron chi connectivity index (χ4n) is 14.5. The van der Waals surface area contributed by atoms with Crippen LogP contribution in [-0.4, -0.2) is 109 Å². The first-order chi connectivity index (χ1) is 23.5. The molecule has 14 atom stereocenters. The van der Waals surface area contributed by atoms with E-state index in [1.165, 1.54) is 25.7 Å². The summed E-state index contributed by atoms with van der Waals surface area (Å²) in [5.41, 5.74) is -0.884. The number of aliphatic hydroxyl groups excluding tert-OH is 1. The van der Waals surface area contributed by atoms with Crippen molar-refractivity contribution in [1.82, 2.24) is 4.90 Å². The molecule has 0 radical (unpaired) electrons. The molecule has 2 N–H and O–H groups in total. The van der Waals surface area contributed by atoms with Gasteiger partial charge in [-0.05, 0) is 111 Å². The van der Waals surface area contributed by atoms with E-state index in [9.17, 15) is 15.0 Å². The van der Waals surface area contributed by atoms with E-state index in [1.807, 2.05) is 0 Å². The zero-order chi connectivity index (χ0) is 35.6. The van der Waals surface area contributed by atoms with Gasteiger partial charge in [-0.2, -0.15) is 0 Å². The van der Waals surface area contributed by atoms with Gasteiger partial charge in [-0.25, -0.2) is 0 Å². The molecular formula is C41H67NO8. The third-order valence-corrected chi connectivity index (χ3v) is 17.1. The molecule has 9 heteroatoms. The third-order valence-electron chi connectivity index (χ3n) is 17.1. The second kappa shape index (κ2) is 12.1. The molecule has 9 unspecified atom stereocenters. The summed E-state index contributed by atoms with van der Waals surface area (Å²) in [6.07, 6.45) is 7.47. The predicted molar refractivity (Wildman–Crippen MR) is 188 cm³/mol. The van der Waals surface area contributed by atoms with Gasteiger partial charge in [-0.15, -0.1) is 0 Å². The molecule has 3 aliphatic heterocycles. The number of fused-ring (bicyclic) bond motifs is 4. The average Bonchev–Trinajstić information content (AvgIpc) is 3.66. The average molecular weight is 702 g/mol. The highest BCUT2D eigenvalue weighted by atomic mass is 16.6. The number of carbonyl (C=O) groups is 1. The van der Waals surface area contributed by atoms with Crippen LogP contribution < -0.4 is 0 Å². The number of aliphatic hydroxyl groups is 2. The lowest BCUT2D eigenvalue weighted by atomic mass is 9.41. The van der Waals surface area contributed by atoms with Crippen LogP contribution in [0.15, 0.2) is 0 Å². The number of rotatable bonds is 8. The summed E-state index contributed by atoms with van der Waals surface area (Å²) in [5.74, 6) is 1.24. The van der Waals surface area contributed by atoms with Gasteiger partial charge in [-0.3, -0.25) is 9.69 Å². The van der Waals surface area contributed by atoms with Crippen LogP contribution in [0.4, 0.5) is 0 Å². The van der Waals surface area contributed by atoms with Gasteiger partial charge in [0.05, 0.1) is 68.6 Å². The predicted octanol–water partition coefficient (Wildman–Crippen LogP) is 5.38. The maximum absolute atomic E-state index is 12.6. The Balaban J connectivity index is 0.997. The number of ether oxygens (including phenoxy) is 5. The minimum absolute atomic E-state index is 0.0480. The topological polar surface area (TPSA) is 107 Å². The number of morpholine rings is 1. The molecule has 0 amide bonds. The van der Waals surface area contributed by atoms with Crippen molar-refractivity contribution in [2.75, 3.05) is 39.5 Å². The SMILES string of the molecule is CCC(=O)OC(C1C[C@@H](C)[C@H]2C(O1)[C@H](O)[C@@]1(C)C3CC[C@H]4C(C)(C)C(OCC5CN(C6COC6)CCO5)CCC45CC35CCC21C)C(C)(C)O. The highest BCUT2D eigenvalue weighted by molar-refractivity contribution is 5.69. The molecule has 0 bridgehead atoms. The largest absolute Gasteiger partial charge is 0.457 e. The van der Waals surface area contributed by atoms with Crippen LogP contribution in [-0.2, 0) is 28.5 Å². The van der Waals surface area contributed by atoms with Crippen molar-refractivity contribution in [1.29, 1.82) is 0 Å². The van der Waals surface area contributed by atoms with Crippen molar-refractivity contribution in [2.45, 2.75) is 161 Å². The second-order valence-corrected chi connectivity index (χ2v) is 20.0. The number of hydrogen-bond donors (Lipinski definition) is 2. The lowest BCUT2D eigenvalue weighted by Gasteiger charge is -2.63. The van der Waals surface area contributed by atoms with Gasteiger partial charge < -0.3 is 33.9 Å². The van der Waals surface area contributed by atoms with E-state index in [-0.39, 0.29) is 64.2 Å². The highest BCUT2D eigenvalue weighted by Gasteiger charge is 2.84. The molecule has 8 fully saturated rings. The highest BCUT2D eigenvalue weighted by Crippen LogP contribution is 2.89. The molecule has 50 heavy (non-hydrogen) atoms. The molecule has 3 saturated heterocycles. The zero-order valence-corrected chi connectivity index (χ0v) is 32.2. The van der Waals surface area contributed by atoms with E-state index in [0.717, 1.165) is 52.2 Å². The number of carbonyl (C=O) groups excluding carboxylic acids is 1. The standard InChI is InChI=1S/C41H67NO8/c1-9-31(43)50-35(37(5,6)45)27-18-24(2)32-33(49-27)34(44)39(8)29-11-10-28-36(3,4)30(12-13-40(28)23-41(29,40)15-14-38(32,39)7)48-22-26-19-42(16-17-47-26)25-20-46-21-25/h24-30,32-35,44-45H,9-23H2,1-8H3/t24-,26?,27?,28+,29?,30?,32+,33?,34+,35?,38?,39-,40?,41?/m1/s1. The smallest absolute Gasteiger partial charge is 0.305 e. The van der Waals surface area contributed by atoms with Gasteiger partial charge in [-0.1, -0.05) is 41.5 Å². The van der Waals surface area contributed by atoms with Gasteiger partial charge in [0.25, 0.3) is 0 Å².